The molecule has 0 bridgehead atoms. The number of nitrogens with one attached hydrogen (secondary N) is 2. The number of anilines is 1. The van der Waals surface area contributed by atoms with Crippen LogP contribution in [0.2, 0.25) is 0 Å². The second kappa shape index (κ2) is 10.0. The third kappa shape index (κ3) is 5.57. The number of rotatable bonds is 5. The molecule has 0 fully saturated rings. The highest BCUT2D eigenvalue weighted by molar-refractivity contribution is 14.1. The Kier molecular flexibility index (Phi) is 7.43. The number of aromatic hydroxyl groups is 1. The van der Waals surface area contributed by atoms with Crippen LogP contribution in [0.15, 0.2) is 65.8 Å². The molecule has 30 heavy (non-hydrogen) atoms. The molecule has 3 aromatic carbocycles. The maximum absolute atomic E-state index is 12.4. The van der Waals surface area contributed by atoms with Crippen LogP contribution in [0.3, 0.4) is 0 Å². The number of nitrogens with zero attached hydrogens (tertiary/aromatic N) is 1. The van der Waals surface area contributed by atoms with Gasteiger partial charge in [0.15, 0.2) is 0 Å². The normalized spacial score (nSPS) is 10.8. The van der Waals surface area contributed by atoms with Crippen LogP contribution in [0, 0.1) is 14.1 Å². The zero-order valence-electron chi connectivity index (χ0n) is 15.8. The maximum Gasteiger partial charge on any atom is 0.271 e. The first-order valence-corrected chi connectivity index (χ1v) is 11.0. The zero-order chi connectivity index (χ0) is 21.7. The summed E-state index contributed by atoms with van der Waals surface area (Å²) in [6.07, 6.45) is 1.40. The lowest BCUT2D eigenvalue weighted by molar-refractivity contribution is 0.0954. The molecule has 0 saturated carbocycles. The second-order valence-corrected chi connectivity index (χ2v) is 8.78. The van der Waals surface area contributed by atoms with Crippen molar-refractivity contribution in [1.29, 1.82) is 0 Å². The van der Waals surface area contributed by atoms with Gasteiger partial charge in [0.1, 0.15) is 5.75 Å². The number of carbonyl (C=O) groups excluding carboxylic acids is 2. The van der Waals surface area contributed by atoms with Crippen molar-refractivity contribution in [2.75, 3.05) is 5.32 Å². The summed E-state index contributed by atoms with van der Waals surface area (Å²) in [5, 5.41) is 16.8. The summed E-state index contributed by atoms with van der Waals surface area (Å²) in [5.74, 6) is -0.493. The van der Waals surface area contributed by atoms with Gasteiger partial charge in [0.25, 0.3) is 11.8 Å². The number of carbonyl (C=O) groups is 2. The van der Waals surface area contributed by atoms with Crippen molar-refractivity contribution in [3.63, 3.8) is 0 Å². The van der Waals surface area contributed by atoms with Crippen molar-refractivity contribution in [1.82, 2.24) is 5.43 Å². The summed E-state index contributed by atoms with van der Waals surface area (Å²) in [7, 11) is 0. The van der Waals surface area contributed by atoms with Gasteiger partial charge in [0.2, 0.25) is 0 Å². The molecular formula is C22H17I2N3O3. The lowest BCUT2D eigenvalue weighted by atomic mass is 10.1. The SMILES string of the molecule is Cc1ccccc1C(=O)Nc1ccc(C(=O)N/N=C\c2cc(I)cc(I)c2O)cc1. The monoisotopic (exact) mass is 625 g/mol. The molecule has 0 radical (unpaired) electrons. The fourth-order valence-corrected chi connectivity index (χ4v) is 4.53. The van der Waals surface area contributed by atoms with Crippen molar-refractivity contribution < 1.29 is 14.7 Å². The molecule has 152 valence electrons. The van der Waals surface area contributed by atoms with Gasteiger partial charge in [0, 0.05) is 25.9 Å². The van der Waals surface area contributed by atoms with Gasteiger partial charge in [-0.25, -0.2) is 5.43 Å². The first-order valence-electron chi connectivity index (χ1n) is 8.83. The summed E-state index contributed by atoms with van der Waals surface area (Å²) >= 11 is 4.18. The average Bonchev–Trinajstić information content (AvgIpc) is 2.72. The van der Waals surface area contributed by atoms with Gasteiger partial charge >= 0.3 is 0 Å². The summed E-state index contributed by atoms with van der Waals surface area (Å²) in [5.41, 5.74) is 5.41. The smallest absolute Gasteiger partial charge is 0.271 e. The molecule has 3 rings (SSSR count). The Morgan fingerprint density at radius 3 is 2.40 bits per heavy atom. The Labute approximate surface area is 201 Å². The van der Waals surface area contributed by atoms with Crippen LogP contribution < -0.4 is 10.7 Å². The predicted octanol–water partition coefficient (Wildman–Crippen LogP) is 4.93. The Balaban J connectivity index is 1.63. The van der Waals surface area contributed by atoms with E-state index in [1.807, 2.05) is 53.8 Å². The van der Waals surface area contributed by atoms with Crippen molar-refractivity contribution in [3.8, 4) is 5.75 Å². The molecule has 0 aliphatic carbocycles. The minimum absolute atomic E-state index is 0.114. The number of halogens is 2. The third-order valence-corrected chi connectivity index (χ3v) is 5.67. The Morgan fingerprint density at radius 1 is 1.00 bits per heavy atom. The van der Waals surface area contributed by atoms with E-state index in [1.165, 1.54) is 6.21 Å². The predicted molar refractivity (Wildman–Crippen MR) is 134 cm³/mol. The first kappa shape index (κ1) is 22.2. The van der Waals surface area contributed by atoms with Crippen LogP contribution in [-0.4, -0.2) is 23.1 Å². The van der Waals surface area contributed by atoms with Crippen LogP contribution in [0.4, 0.5) is 5.69 Å². The van der Waals surface area contributed by atoms with Crippen molar-refractivity contribution >= 4 is 68.9 Å². The van der Waals surface area contributed by atoms with E-state index in [4.69, 9.17) is 0 Å². The highest BCUT2D eigenvalue weighted by Crippen LogP contribution is 2.25. The molecule has 0 aliphatic heterocycles. The van der Waals surface area contributed by atoms with Gasteiger partial charge in [-0.2, -0.15) is 5.10 Å². The van der Waals surface area contributed by atoms with Crippen LogP contribution in [0.1, 0.15) is 31.8 Å². The van der Waals surface area contributed by atoms with E-state index in [1.54, 1.807) is 36.4 Å². The third-order valence-electron chi connectivity index (χ3n) is 4.22. The molecule has 8 heteroatoms. The lowest BCUT2D eigenvalue weighted by Crippen LogP contribution is -2.18. The Morgan fingerprint density at radius 2 is 1.70 bits per heavy atom. The molecule has 0 unspecified atom stereocenters. The highest BCUT2D eigenvalue weighted by atomic mass is 127. The number of hydrazone groups is 1. The maximum atomic E-state index is 12.4. The van der Waals surface area contributed by atoms with Gasteiger partial charge < -0.3 is 10.4 Å². The van der Waals surface area contributed by atoms with E-state index in [9.17, 15) is 14.7 Å². The van der Waals surface area contributed by atoms with Crippen LogP contribution in [-0.2, 0) is 0 Å². The summed E-state index contributed by atoms with van der Waals surface area (Å²) in [6.45, 7) is 1.87. The lowest BCUT2D eigenvalue weighted by Gasteiger charge is -2.08. The molecule has 6 nitrogen and oxygen atoms in total. The minimum Gasteiger partial charge on any atom is -0.506 e. The van der Waals surface area contributed by atoms with Gasteiger partial charge in [-0.3, -0.25) is 9.59 Å². The number of phenolic OH excluding ortho intramolecular Hbond substituents is 1. The van der Waals surface area contributed by atoms with Gasteiger partial charge in [-0.05, 0) is 100 Å². The van der Waals surface area contributed by atoms with E-state index in [2.05, 4.69) is 38.4 Å². The largest absolute Gasteiger partial charge is 0.506 e. The first-order chi connectivity index (χ1) is 14.3. The number of benzene rings is 3. The summed E-state index contributed by atoms with van der Waals surface area (Å²) in [4.78, 5) is 24.6. The molecule has 0 atom stereocenters. The van der Waals surface area contributed by atoms with Crippen LogP contribution >= 0.6 is 45.2 Å². The average molecular weight is 625 g/mol. The van der Waals surface area contributed by atoms with E-state index in [-0.39, 0.29) is 11.7 Å². The molecule has 3 N–H and O–H groups in total. The topological polar surface area (TPSA) is 90.8 Å². The minimum atomic E-state index is -0.400. The second-order valence-electron chi connectivity index (χ2n) is 6.37. The number of hydrogen-bond acceptors (Lipinski definition) is 4. The molecule has 3 aromatic rings. The van der Waals surface area contributed by atoms with E-state index >= 15 is 0 Å². The van der Waals surface area contributed by atoms with E-state index in [0.29, 0.717) is 25.9 Å². The van der Waals surface area contributed by atoms with Gasteiger partial charge in [0.05, 0.1) is 9.78 Å². The van der Waals surface area contributed by atoms with E-state index in [0.717, 1.165) is 9.13 Å². The van der Waals surface area contributed by atoms with Crippen molar-refractivity contribution in [2.24, 2.45) is 5.10 Å². The summed E-state index contributed by atoms with van der Waals surface area (Å²) < 4.78 is 1.65. The molecule has 0 aromatic heterocycles. The van der Waals surface area contributed by atoms with Crippen LogP contribution in [0.5, 0.6) is 5.75 Å². The van der Waals surface area contributed by atoms with Crippen molar-refractivity contribution in [3.05, 3.63) is 90.1 Å². The molecule has 0 saturated heterocycles. The summed E-state index contributed by atoms with van der Waals surface area (Å²) in [6, 6.07) is 17.4. The quantitative estimate of drug-likeness (QED) is 0.214. The number of phenols is 1. The van der Waals surface area contributed by atoms with Gasteiger partial charge in [-0.1, -0.05) is 18.2 Å². The Hall–Kier alpha value is -2.47. The standard InChI is InChI=1S/C22H17I2N3O3/c1-13-4-2-3-5-18(13)22(30)26-17-8-6-14(7-9-17)21(29)27-25-12-15-10-16(23)11-19(24)20(15)28/h2-12,28H,1H3,(H,26,30)(H,27,29)/b25-12-. The van der Waals surface area contributed by atoms with E-state index < -0.39 is 5.91 Å². The van der Waals surface area contributed by atoms with Crippen molar-refractivity contribution in [2.45, 2.75) is 6.92 Å². The number of hydrogen-bond donors (Lipinski definition) is 3. The molecule has 2 amide bonds. The molecule has 0 heterocycles. The molecular weight excluding hydrogens is 608 g/mol. The fraction of sp³-hybridized carbons (Fsp3) is 0.0455. The molecule has 0 aliphatic rings. The number of aryl methyl sites for hydroxylation is 1. The van der Waals surface area contributed by atoms with Crippen LogP contribution in [0.25, 0.3) is 0 Å². The zero-order valence-corrected chi connectivity index (χ0v) is 20.1. The fourth-order valence-electron chi connectivity index (χ4n) is 2.64. The van der Waals surface area contributed by atoms with Gasteiger partial charge in [-0.15, -0.1) is 0 Å². The Bertz CT molecular complexity index is 1130. The number of amides is 2. The highest BCUT2D eigenvalue weighted by Gasteiger charge is 2.10. The molecule has 0 spiro atoms.